The van der Waals surface area contributed by atoms with Crippen LogP contribution in [0.3, 0.4) is 0 Å². The molecule has 10 heavy (non-hydrogen) atoms. The van der Waals surface area contributed by atoms with Crippen molar-refractivity contribution in [3.63, 3.8) is 0 Å². The van der Waals surface area contributed by atoms with Crippen molar-refractivity contribution >= 4 is 5.97 Å². The van der Waals surface area contributed by atoms with Crippen molar-refractivity contribution in [3.05, 3.63) is 0 Å². The van der Waals surface area contributed by atoms with Crippen LogP contribution in [0.4, 0.5) is 0 Å². The van der Waals surface area contributed by atoms with Gasteiger partial charge in [-0.05, 0) is 6.92 Å². The minimum absolute atomic E-state index is 0.0509. The van der Waals surface area contributed by atoms with Gasteiger partial charge in [0, 0.05) is 5.92 Å². The fourth-order valence-electron chi connectivity index (χ4n) is 0.800. The molecule has 0 aliphatic carbocycles. The van der Waals surface area contributed by atoms with E-state index in [9.17, 15) is 4.79 Å². The van der Waals surface area contributed by atoms with E-state index in [4.69, 9.17) is 4.74 Å². The molecule has 2 unspecified atom stereocenters. The number of cyclic esters (lactones) is 1. The summed E-state index contributed by atoms with van der Waals surface area (Å²) in [4.78, 5) is 10.4. The van der Waals surface area contributed by atoms with Gasteiger partial charge in [-0.25, -0.2) is 0 Å². The van der Waals surface area contributed by atoms with Crippen molar-refractivity contribution in [2.75, 3.05) is 0 Å². The van der Waals surface area contributed by atoms with E-state index < -0.39 is 0 Å². The summed E-state index contributed by atoms with van der Waals surface area (Å²) >= 11 is 0. The quantitative estimate of drug-likeness (QED) is 0.486. The second kappa shape index (κ2) is 4.31. The third-order valence-electron chi connectivity index (χ3n) is 1.61. The van der Waals surface area contributed by atoms with E-state index >= 15 is 0 Å². The number of carbonyl (C=O) groups excluding carboxylic acids is 1. The lowest BCUT2D eigenvalue weighted by molar-refractivity contribution is -0.140. The Balaban J connectivity index is 0.000000371. The molecule has 1 rings (SSSR count). The second-order valence-electron chi connectivity index (χ2n) is 2.38. The number of hydrogen-bond donors (Lipinski definition) is 0. The van der Waals surface area contributed by atoms with Gasteiger partial charge >= 0.3 is 5.97 Å². The highest BCUT2D eigenvalue weighted by molar-refractivity contribution is 5.71. The maximum Gasteiger partial charge on any atom is 0.306 e. The molecule has 2 atom stereocenters. The molecule has 0 saturated carbocycles. The topological polar surface area (TPSA) is 26.3 Å². The van der Waals surface area contributed by atoms with Gasteiger partial charge in [-0.15, -0.1) is 0 Å². The van der Waals surface area contributed by atoms with Crippen LogP contribution in [0.5, 0.6) is 0 Å². The Morgan fingerprint density at radius 2 is 1.90 bits per heavy atom. The van der Waals surface area contributed by atoms with E-state index in [1.165, 1.54) is 0 Å². The minimum atomic E-state index is -0.0509. The van der Waals surface area contributed by atoms with Crippen LogP contribution < -0.4 is 0 Å². The second-order valence-corrected chi connectivity index (χ2v) is 2.38. The lowest BCUT2D eigenvalue weighted by atomic mass is 10.1. The summed E-state index contributed by atoms with van der Waals surface area (Å²) in [5, 5.41) is 0. The van der Waals surface area contributed by atoms with Crippen LogP contribution in [-0.4, -0.2) is 12.1 Å². The number of carbonyl (C=O) groups is 1. The first-order valence-corrected chi connectivity index (χ1v) is 3.89. The summed E-state index contributed by atoms with van der Waals surface area (Å²) in [5.74, 6) is 0.368. The Bertz CT molecular complexity index is 97.8. The Morgan fingerprint density at radius 3 is 2.00 bits per heavy atom. The van der Waals surface area contributed by atoms with E-state index in [0.717, 1.165) is 0 Å². The highest BCUT2D eigenvalue weighted by atomic mass is 16.5. The van der Waals surface area contributed by atoms with Gasteiger partial charge in [-0.1, -0.05) is 20.8 Å². The average Bonchev–Trinajstić information content (AvgIpc) is 2.16. The van der Waals surface area contributed by atoms with Gasteiger partial charge in [0.25, 0.3) is 0 Å². The molecular weight excluding hydrogens is 128 g/mol. The van der Waals surface area contributed by atoms with Gasteiger partial charge in [0.15, 0.2) is 0 Å². The van der Waals surface area contributed by atoms with Crippen molar-refractivity contribution in [3.8, 4) is 0 Å². The largest absolute Gasteiger partial charge is 0.462 e. The normalized spacial score (nSPS) is 30.6. The lowest BCUT2D eigenvalue weighted by Gasteiger charge is -2.03. The average molecular weight is 144 g/mol. The standard InChI is InChI=1S/C6H10O2.C2H6/c1-4-3-6(7)8-5(4)2;1-2/h4-5H,3H2,1-2H3;1-2H3. The first kappa shape index (κ1) is 9.47. The van der Waals surface area contributed by atoms with E-state index in [0.29, 0.717) is 12.3 Å². The molecule has 0 aromatic rings. The fraction of sp³-hybridized carbons (Fsp3) is 0.875. The first-order chi connectivity index (χ1) is 4.70. The Hall–Kier alpha value is -0.530. The van der Waals surface area contributed by atoms with E-state index in [2.05, 4.69) is 0 Å². The molecule has 1 fully saturated rings. The van der Waals surface area contributed by atoms with Crippen LogP contribution in [0.25, 0.3) is 0 Å². The molecule has 60 valence electrons. The zero-order valence-electron chi connectivity index (χ0n) is 7.18. The van der Waals surface area contributed by atoms with Crippen LogP contribution in [0.2, 0.25) is 0 Å². The van der Waals surface area contributed by atoms with Gasteiger partial charge < -0.3 is 4.74 Å². The summed E-state index contributed by atoms with van der Waals surface area (Å²) in [5.41, 5.74) is 0. The third-order valence-corrected chi connectivity index (χ3v) is 1.61. The maximum atomic E-state index is 10.4. The first-order valence-electron chi connectivity index (χ1n) is 3.89. The van der Waals surface area contributed by atoms with Crippen LogP contribution in [0.1, 0.15) is 34.1 Å². The molecule has 0 bridgehead atoms. The Labute approximate surface area is 62.6 Å². The smallest absolute Gasteiger partial charge is 0.306 e. The monoisotopic (exact) mass is 144 g/mol. The predicted molar refractivity (Wildman–Crippen MR) is 40.7 cm³/mol. The van der Waals surface area contributed by atoms with Crippen molar-refractivity contribution in [2.45, 2.75) is 40.2 Å². The summed E-state index contributed by atoms with van der Waals surface area (Å²) in [7, 11) is 0. The van der Waals surface area contributed by atoms with Crippen molar-refractivity contribution in [1.82, 2.24) is 0 Å². The van der Waals surface area contributed by atoms with Gasteiger partial charge in [0.05, 0.1) is 6.42 Å². The maximum absolute atomic E-state index is 10.4. The van der Waals surface area contributed by atoms with Gasteiger partial charge in [0.2, 0.25) is 0 Å². The van der Waals surface area contributed by atoms with E-state index in [-0.39, 0.29) is 12.1 Å². The van der Waals surface area contributed by atoms with Crippen molar-refractivity contribution < 1.29 is 9.53 Å². The summed E-state index contributed by atoms with van der Waals surface area (Å²) in [6.45, 7) is 7.95. The summed E-state index contributed by atoms with van der Waals surface area (Å²) in [6.07, 6.45) is 0.740. The fourth-order valence-corrected chi connectivity index (χ4v) is 0.800. The van der Waals surface area contributed by atoms with E-state index in [1.54, 1.807) is 0 Å². The summed E-state index contributed by atoms with van der Waals surface area (Å²) < 4.78 is 4.83. The molecular formula is C8H16O2. The molecule has 1 aliphatic rings. The van der Waals surface area contributed by atoms with Crippen molar-refractivity contribution in [1.29, 1.82) is 0 Å². The number of esters is 1. The van der Waals surface area contributed by atoms with Crippen LogP contribution in [0.15, 0.2) is 0 Å². The Morgan fingerprint density at radius 1 is 1.40 bits per heavy atom. The van der Waals surface area contributed by atoms with Crippen LogP contribution >= 0.6 is 0 Å². The molecule has 0 N–H and O–H groups in total. The molecule has 0 amide bonds. The highest BCUT2D eigenvalue weighted by Gasteiger charge is 2.26. The molecule has 2 heteroatoms. The van der Waals surface area contributed by atoms with E-state index in [1.807, 2.05) is 27.7 Å². The highest BCUT2D eigenvalue weighted by Crippen LogP contribution is 2.19. The van der Waals surface area contributed by atoms with Gasteiger partial charge in [-0.3, -0.25) is 4.79 Å². The number of hydrogen-bond acceptors (Lipinski definition) is 2. The molecule has 1 aliphatic heterocycles. The SMILES string of the molecule is CC.CC1CC(=O)OC1C. The predicted octanol–water partition coefficient (Wildman–Crippen LogP) is 1.98. The molecule has 0 aromatic carbocycles. The van der Waals surface area contributed by atoms with Crippen LogP contribution in [-0.2, 0) is 9.53 Å². The molecule has 1 heterocycles. The molecule has 0 radical (unpaired) electrons. The zero-order valence-corrected chi connectivity index (χ0v) is 7.18. The van der Waals surface area contributed by atoms with Crippen molar-refractivity contribution in [2.24, 2.45) is 5.92 Å². The lowest BCUT2D eigenvalue weighted by Crippen LogP contribution is -2.06. The zero-order chi connectivity index (χ0) is 8.15. The van der Waals surface area contributed by atoms with Crippen LogP contribution in [0, 0.1) is 5.92 Å². The number of ether oxygens (including phenoxy) is 1. The summed E-state index contributed by atoms with van der Waals surface area (Å²) in [6, 6.07) is 0. The number of rotatable bonds is 0. The minimum Gasteiger partial charge on any atom is -0.462 e. The Kier molecular flexibility index (Phi) is 4.08. The molecule has 1 saturated heterocycles. The third kappa shape index (κ3) is 2.38. The molecule has 2 nitrogen and oxygen atoms in total. The van der Waals surface area contributed by atoms with Gasteiger partial charge in [-0.2, -0.15) is 0 Å². The van der Waals surface area contributed by atoms with Gasteiger partial charge in [0.1, 0.15) is 6.10 Å². The molecule has 0 aromatic heterocycles. The molecule has 0 spiro atoms.